The summed E-state index contributed by atoms with van der Waals surface area (Å²) in [4.78, 5) is 42.0. The van der Waals surface area contributed by atoms with E-state index < -0.39 is 0 Å². The largest absolute Gasteiger partial charge is 0.383 e. The van der Waals surface area contributed by atoms with Crippen molar-refractivity contribution in [3.63, 3.8) is 0 Å². The number of nitrogens with zero attached hydrogens (tertiary/aromatic N) is 5. The van der Waals surface area contributed by atoms with Crippen LogP contribution in [0.25, 0.3) is 22.5 Å². The first-order valence-corrected chi connectivity index (χ1v) is 14.6. The number of aromatic nitrogens is 3. The van der Waals surface area contributed by atoms with E-state index in [4.69, 9.17) is 9.72 Å². The van der Waals surface area contributed by atoms with Crippen molar-refractivity contribution in [1.29, 1.82) is 0 Å². The third-order valence-corrected chi connectivity index (χ3v) is 9.02. The summed E-state index contributed by atoms with van der Waals surface area (Å²) in [5, 5.41) is 3.31. The monoisotopic (exact) mass is 542 g/mol. The van der Waals surface area contributed by atoms with E-state index in [1.54, 1.807) is 19.5 Å². The van der Waals surface area contributed by atoms with E-state index in [0.717, 1.165) is 112 Å². The number of carbonyl (C=O) groups excluding carboxylic acids is 1. The lowest BCUT2D eigenvalue weighted by atomic mass is 9.91. The highest BCUT2D eigenvalue weighted by atomic mass is 16.5. The number of methoxy groups -OCH3 is 1. The molecule has 40 heavy (non-hydrogen) atoms. The van der Waals surface area contributed by atoms with Gasteiger partial charge in [-0.25, -0.2) is 4.98 Å². The molecule has 4 heterocycles. The maximum Gasteiger partial charge on any atom is 0.225 e. The average molecular weight is 543 g/mol. The zero-order valence-electron chi connectivity index (χ0n) is 23.2. The Balaban J connectivity index is 1.16. The number of hydrogen-bond acceptors (Lipinski definition) is 7. The molecule has 1 N–H and O–H groups in total. The molecule has 0 saturated carbocycles. The number of imidazole rings is 1. The molecule has 1 aliphatic carbocycles. The quantitative estimate of drug-likeness (QED) is 0.404. The van der Waals surface area contributed by atoms with Crippen molar-refractivity contribution < 1.29 is 9.53 Å². The van der Waals surface area contributed by atoms with Gasteiger partial charge >= 0.3 is 0 Å². The van der Waals surface area contributed by atoms with Crippen LogP contribution in [0.15, 0.2) is 47.9 Å². The molecule has 9 nitrogen and oxygen atoms in total. The SMILES string of the molecule is COCCN1CCC(C(=O)N2CCC(c3nc(-c4ccc5c(c4)CCC5N=O)c(-c4ccncc4)[nH]3)CC2)CC1. The standard InChI is InChI=1S/C31H38N6O3/c1-40-19-18-36-14-8-23(9-15-36)31(38)37-16-10-22(11-17-37)30-33-28(21-6-12-32-13-7-21)29(34-30)25-2-4-26-24(20-25)3-5-27(26)35-39/h2,4,6-7,12-13,20,22-23,27H,3,5,8-11,14-19H2,1H3,(H,33,34). The normalized spacial score (nSPS) is 20.5. The third kappa shape index (κ3) is 5.45. The van der Waals surface area contributed by atoms with Crippen LogP contribution in [0.3, 0.4) is 0 Å². The van der Waals surface area contributed by atoms with Crippen molar-refractivity contribution in [2.75, 3.05) is 46.4 Å². The van der Waals surface area contributed by atoms with Crippen LogP contribution in [-0.2, 0) is 16.0 Å². The summed E-state index contributed by atoms with van der Waals surface area (Å²) in [6.45, 7) is 5.17. The van der Waals surface area contributed by atoms with Gasteiger partial charge in [0.05, 0.1) is 18.0 Å². The van der Waals surface area contributed by atoms with Gasteiger partial charge in [0, 0.05) is 62.1 Å². The van der Waals surface area contributed by atoms with E-state index in [2.05, 4.69) is 37.1 Å². The maximum absolute atomic E-state index is 13.3. The lowest BCUT2D eigenvalue weighted by Gasteiger charge is -2.37. The topological polar surface area (TPSA) is 104 Å². The van der Waals surface area contributed by atoms with Gasteiger partial charge in [-0.15, -0.1) is 0 Å². The number of likely N-dealkylation sites (tertiary alicyclic amines) is 2. The van der Waals surface area contributed by atoms with Crippen LogP contribution >= 0.6 is 0 Å². The number of aromatic amines is 1. The van der Waals surface area contributed by atoms with Crippen LogP contribution in [0.1, 0.15) is 61.0 Å². The Kier molecular flexibility index (Phi) is 8.02. The first-order chi connectivity index (χ1) is 19.6. The van der Waals surface area contributed by atoms with Gasteiger partial charge in [-0.1, -0.05) is 17.3 Å². The Morgan fingerprint density at radius 3 is 2.52 bits per heavy atom. The summed E-state index contributed by atoms with van der Waals surface area (Å²) >= 11 is 0. The second kappa shape index (κ2) is 12.0. The molecule has 0 bridgehead atoms. The van der Waals surface area contributed by atoms with Crippen LogP contribution in [-0.4, -0.2) is 77.1 Å². The molecule has 3 aromatic rings. The van der Waals surface area contributed by atoms with Gasteiger partial charge in [-0.05, 0) is 80.9 Å². The number of piperidine rings is 2. The zero-order valence-corrected chi connectivity index (χ0v) is 23.2. The van der Waals surface area contributed by atoms with Crippen molar-refractivity contribution >= 4 is 5.91 Å². The zero-order chi connectivity index (χ0) is 27.5. The van der Waals surface area contributed by atoms with Gasteiger partial charge in [0.2, 0.25) is 5.91 Å². The number of nitroso groups, excluding NO2 is 1. The molecule has 0 spiro atoms. The van der Waals surface area contributed by atoms with Crippen LogP contribution in [0, 0.1) is 10.8 Å². The number of ether oxygens (including phenoxy) is 1. The number of nitrogens with one attached hydrogen (secondary N) is 1. The Hall–Kier alpha value is -3.43. The van der Waals surface area contributed by atoms with Gasteiger partial charge in [0.1, 0.15) is 11.9 Å². The number of hydrogen-bond donors (Lipinski definition) is 1. The van der Waals surface area contributed by atoms with Crippen molar-refractivity contribution in [2.24, 2.45) is 11.1 Å². The molecule has 210 valence electrons. The Bertz CT molecular complexity index is 1330. The van der Waals surface area contributed by atoms with Gasteiger partial charge in [0.15, 0.2) is 0 Å². The highest BCUT2D eigenvalue weighted by Gasteiger charge is 2.32. The molecule has 2 aromatic heterocycles. The van der Waals surface area contributed by atoms with Crippen LogP contribution < -0.4 is 0 Å². The Morgan fingerprint density at radius 1 is 1.02 bits per heavy atom. The summed E-state index contributed by atoms with van der Waals surface area (Å²) in [5.41, 5.74) is 6.22. The van der Waals surface area contributed by atoms with Crippen LogP contribution in [0.2, 0.25) is 0 Å². The summed E-state index contributed by atoms with van der Waals surface area (Å²) in [7, 11) is 1.74. The van der Waals surface area contributed by atoms with Crippen molar-refractivity contribution in [1.82, 2.24) is 24.8 Å². The summed E-state index contributed by atoms with van der Waals surface area (Å²) < 4.78 is 5.20. The summed E-state index contributed by atoms with van der Waals surface area (Å²) in [6, 6.07) is 10.0. The third-order valence-electron chi connectivity index (χ3n) is 9.02. The number of fused-ring (bicyclic) bond motifs is 1. The number of rotatable bonds is 8. The predicted molar refractivity (Wildman–Crippen MR) is 154 cm³/mol. The minimum absolute atomic E-state index is 0.137. The number of benzene rings is 1. The number of carbonyl (C=O) groups is 1. The summed E-state index contributed by atoms with van der Waals surface area (Å²) in [6.07, 6.45) is 8.91. The lowest BCUT2D eigenvalue weighted by molar-refractivity contribution is -0.138. The molecule has 1 amide bonds. The lowest BCUT2D eigenvalue weighted by Crippen LogP contribution is -2.45. The molecule has 9 heteroatoms. The Labute approximate surface area is 235 Å². The van der Waals surface area contributed by atoms with Crippen LogP contribution in [0.5, 0.6) is 0 Å². The fourth-order valence-corrected chi connectivity index (χ4v) is 6.63. The average Bonchev–Trinajstić information content (AvgIpc) is 3.65. The highest BCUT2D eigenvalue weighted by molar-refractivity contribution is 5.80. The minimum Gasteiger partial charge on any atom is -0.383 e. The molecule has 2 aliphatic heterocycles. The van der Waals surface area contributed by atoms with E-state index >= 15 is 0 Å². The van der Waals surface area contributed by atoms with Gasteiger partial charge < -0.3 is 19.5 Å². The molecule has 1 atom stereocenters. The number of aryl methyl sites for hydroxylation is 1. The molecular weight excluding hydrogens is 504 g/mol. The number of amides is 1. The first-order valence-electron chi connectivity index (χ1n) is 14.6. The van der Waals surface area contributed by atoms with Crippen molar-refractivity contribution in [2.45, 2.75) is 50.5 Å². The molecular formula is C31H38N6O3. The highest BCUT2D eigenvalue weighted by Crippen LogP contribution is 2.39. The first kappa shape index (κ1) is 26.8. The van der Waals surface area contributed by atoms with Gasteiger partial charge in [0.25, 0.3) is 0 Å². The van der Waals surface area contributed by atoms with E-state index in [0.29, 0.717) is 5.91 Å². The minimum atomic E-state index is -0.241. The number of H-pyrrole nitrogens is 1. The molecule has 1 unspecified atom stereocenters. The smallest absolute Gasteiger partial charge is 0.225 e. The summed E-state index contributed by atoms with van der Waals surface area (Å²) in [5.74, 6) is 1.71. The second-order valence-corrected chi connectivity index (χ2v) is 11.4. The van der Waals surface area contributed by atoms with Crippen molar-refractivity contribution in [3.05, 3.63) is 64.6 Å². The Morgan fingerprint density at radius 2 is 1.80 bits per heavy atom. The van der Waals surface area contributed by atoms with E-state index in [1.807, 2.05) is 18.2 Å². The van der Waals surface area contributed by atoms with Gasteiger partial charge in [-0.2, -0.15) is 4.91 Å². The van der Waals surface area contributed by atoms with Crippen LogP contribution in [0.4, 0.5) is 0 Å². The van der Waals surface area contributed by atoms with Crippen molar-refractivity contribution in [3.8, 4) is 22.5 Å². The van der Waals surface area contributed by atoms with E-state index in [9.17, 15) is 9.70 Å². The molecule has 0 radical (unpaired) electrons. The van der Waals surface area contributed by atoms with Gasteiger partial charge in [-0.3, -0.25) is 9.78 Å². The van der Waals surface area contributed by atoms with E-state index in [1.165, 1.54) is 5.56 Å². The van der Waals surface area contributed by atoms with E-state index in [-0.39, 0.29) is 17.9 Å². The number of pyridine rings is 1. The predicted octanol–water partition coefficient (Wildman–Crippen LogP) is 4.96. The molecule has 2 fully saturated rings. The second-order valence-electron chi connectivity index (χ2n) is 11.4. The molecule has 2 saturated heterocycles. The fraction of sp³-hybridized carbons (Fsp3) is 0.516. The molecule has 1 aromatic carbocycles. The molecule has 6 rings (SSSR count). The maximum atomic E-state index is 13.3. The fourth-order valence-electron chi connectivity index (χ4n) is 6.63. The molecule has 3 aliphatic rings.